The Morgan fingerprint density at radius 1 is 1.33 bits per heavy atom. The van der Waals surface area contributed by atoms with E-state index in [0.29, 0.717) is 16.6 Å². The Hall–Kier alpha value is -1.34. The lowest BCUT2D eigenvalue weighted by Gasteiger charge is -2.19. The number of carbonyl (C=O) groups is 1. The van der Waals surface area contributed by atoms with Gasteiger partial charge in [-0.05, 0) is 33.9 Å². The summed E-state index contributed by atoms with van der Waals surface area (Å²) in [5, 5.41) is 6.80. The molecular formula is C14H27N5OS. The Kier molecular flexibility index (Phi) is 6.42. The van der Waals surface area contributed by atoms with Crippen molar-refractivity contribution in [3.8, 4) is 0 Å². The van der Waals surface area contributed by atoms with Gasteiger partial charge < -0.3 is 21.3 Å². The van der Waals surface area contributed by atoms with Crippen LogP contribution in [0.4, 0.5) is 10.9 Å². The van der Waals surface area contributed by atoms with E-state index in [9.17, 15) is 4.79 Å². The van der Waals surface area contributed by atoms with Crippen molar-refractivity contribution in [3.63, 3.8) is 0 Å². The van der Waals surface area contributed by atoms with E-state index < -0.39 is 0 Å². The second-order valence-corrected chi connectivity index (χ2v) is 6.89. The highest BCUT2D eigenvalue weighted by molar-refractivity contribution is 7.18. The molecular weight excluding hydrogens is 286 g/mol. The van der Waals surface area contributed by atoms with Crippen LogP contribution in [0.5, 0.6) is 0 Å². The number of carbonyl (C=O) groups excluding carboxylic acids is 1. The molecule has 120 valence electrons. The molecule has 4 N–H and O–H groups in total. The van der Waals surface area contributed by atoms with Gasteiger partial charge in [-0.15, -0.1) is 0 Å². The molecule has 0 aliphatic carbocycles. The zero-order valence-electron chi connectivity index (χ0n) is 13.6. The third-order valence-corrected chi connectivity index (χ3v) is 3.93. The van der Waals surface area contributed by atoms with Crippen LogP contribution in [0.25, 0.3) is 0 Å². The Balaban J connectivity index is 2.58. The first-order valence-electron chi connectivity index (χ1n) is 7.31. The molecule has 1 rings (SSSR count). The third-order valence-electron chi connectivity index (χ3n) is 2.95. The normalized spacial score (nSPS) is 11.7. The molecule has 1 aromatic rings. The highest BCUT2D eigenvalue weighted by Crippen LogP contribution is 2.26. The maximum absolute atomic E-state index is 12.1. The number of hydrogen-bond donors (Lipinski definition) is 3. The average molecular weight is 313 g/mol. The Morgan fingerprint density at radius 3 is 2.48 bits per heavy atom. The smallest absolute Gasteiger partial charge is 0.265 e. The lowest BCUT2D eigenvalue weighted by molar-refractivity contribution is 0.0953. The van der Waals surface area contributed by atoms with E-state index in [1.54, 1.807) is 0 Å². The molecule has 0 fully saturated rings. The minimum absolute atomic E-state index is 0.110. The van der Waals surface area contributed by atoms with Crippen molar-refractivity contribution in [2.24, 2.45) is 0 Å². The fourth-order valence-electron chi connectivity index (χ4n) is 1.82. The molecule has 0 saturated carbocycles. The number of anilines is 2. The number of hydrogen-bond acceptors (Lipinski definition) is 6. The molecule has 0 aliphatic rings. The SMILES string of the molecule is CCN(CC)CCNC(=O)c1sc(NC(C)(C)C)nc1N. The van der Waals surface area contributed by atoms with Gasteiger partial charge in [0.15, 0.2) is 5.13 Å². The van der Waals surface area contributed by atoms with E-state index in [-0.39, 0.29) is 17.3 Å². The number of nitrogens with two attached hydrogens (primary N) is 1. The van der Waals surface area contributed by atoms with Crippen LogP contribution in [0.1, 0.15) is 44.3 Å². The number of nitrogen functional groups attached to an aromatic ring is 1. The third kappa shape index (κ3) is 5.89. The molecule has 1 amide bonds. The quantitative estimate of drug-likeness (QED) is 0.717. The minimum atomic E-state index is -0.154. The fourth-order valence-corrected chi connectivity index (χ4v) is 2.83. The van der Waals surface area contributed by atoms with Crippen LogP contribution in [0, 0.1) is 0 Å². The van der Waals surface area contributed by atoms with Gasteiger partial charge in [-0.2, -0.15) is 0 Å². The van der Waals surface area contributed by atoms with Gasteiger partial charge in [0.25, 0.3) is 5.91 Å². The van der Waals surface area contributed by atoms with Gasteiger partial charge in [-0.25, -0.2) is 4.98 Å². The van der Waals surface area contributed by atoms with Crippen molar-refractivity contribution in [1.82, 2.24) is 15.2 Å². The second kappa shape index (κ2) is 7.61. The molecule has 6 nitrogen and oxygen atoms in total. The van der Waals surface area contributed by atoms with Gasteiger partial charge in [0, 0.05) is 18.6 Å². The maximum Gasteiger partial charge on any atom is 0.265 e. The summed E-state index contributed by atoms with van der Waals surface area (Å²) in [6, 6.07) is 0. The zero-order valence-corrected chi connectivity index (χ0v) is 14.4. The predicted molar refractivity (Wildman–Crippen MR) is 90.0 cm³/mol. The molecule has 1 aromatic heterocycles. The molecule has 7 heteroatoms. The van der Waals surface area contributed by atoms with Gasteiger partial charge in [0.1, 0.15) is 10.7 Å². The summed E-state index contributed by atoms with van der Waals surface area (Å²) in [7, 11) is 0. The van der Waals surface area contributed by atoms with Crippen molar-refractivity contribution in [1.29, 1.82) is 0 Å². The van der Waals surface area contributed by atoms with E-state index in [4.69, 9.17) is 5.73 Å². The fraction of sp³-hybridized carbons (Fsp3) is 0.714. The highest BCUT2D eigenvalue weighted by atomic mass is 32.1. The minimum Gasteiger partial charge on any atom is -0.382 e. The van der Waals surface area contributed by atoms with E-state index in [2.05, 4.69) is 34.4 Å². The number of rotatable bonds is 7. The second-order valence-electron chi connectivity index (χ2n) is 5.89. The van der Waals surface area contributed by atoms with Gasteiger partial charge in [0.05, 0.1) is 0 Å². The van der Waals surface area contributed by atoms with Crippen LogP contribution in [0.2, 0.25) is 0 Å². The average Bonchev–Trinajstić information content (AvgIpc) is 2.73. The number of nitrogens with zero attached hydrogens (tertiary/aromatic N) is 2. The number of aromatic nitrogens is 1. The predicted octanol–water partition coefficient (Wildman–Crippen LogP) is 2.01. The first-order chi connectivity index (χ1) is 9.76. The first-order valence-corrected chi connectivity index (χ1v) is 8.13. The topological polar surface area (TPSA) is 83.3 Å². The largest absolute Gasteiger partial charge is 0.382 e. The van der Waals surface area contributed by atoms with Crippen molar-refractivity contribution in [3.05, 3.63) is 4.88 Å². The van der Waals surface area contributed by atoms with Crippen LogP contribution in [-0.4, -0.2) is 47.5 Å². The van der Waals surface area contributed by atoms with E-state index >= 15 is 0 Å². The van der Waals surface area contributed by atoms with Gasteiger partial charge in [0.2, 0.25) is 0 Å². The van der Waals surface area contributed by atoms with Crippen LogP contribution in [0.15, 0.2) is 0 Å². The van der Waals surface area contributed by atoms with Crippen LogP contribution in [0.3, 0.4) is 0 Å². The molecule has 0 unspecified atom stereocenters. The summed E-state index contributed by atoms with van der Waals surface area (Å²) in [6.45, 7) is 13.7. The van der Waals surface area contributed by atoms with Crippen molar-refractivity contribution >= 4 is 28.2 Å². The molecule has 0 atom stereocenters. The molecule has 0 aromatic carbocycles. The van der Waals surface area contributed by atoms with E-state index in [1.807, 2.05) is 20.8 Å². The zero-order chi connectivity index (χ0) is 16.0. The van der Waals surface area contributed by atoms with E-state index in [1.165, 1.54) is 11.3 Å². The molecule has 0 bridgehead atoms. The van der Waals surface area contributed by atoms with Crippen LogP contribution >= 0.6 is 11.3 Å². The summed E-state index contributed by atoms with van der Waals surface area (Å²) in [5.74, 6) is 0.131. The Labute approximate surface area is 131 Å². The summed E-state index contributed by atoms with van der Waals surface area (Å²) in [5.41, 5.74) is 5.72. The first kappa shape index (κ1) is 17.7. The lowest BCUT2D eigenvalue weighted by atomic mass is 10.1. The number of amides is 1. The lowest BCUT2D eigenvalue weighted by Crippen LogP contribution is -2.34. The van der Waals surface area contributed by atoms with Gasteiger partial charge in [-0.1, -0.05) is 25.2 Å². The van der Waals surface area contributed by atoms with Gasteiger partial charge >= 0.3 is 0 Å². The van der Waals surface area contributed by atoms with Crippen molar-refractivity contribution in [2.75, 3.05) is 37.2 Å². The molecule has 0 radical (unpaired) electrons. The summed E-state index contributed by atoms with van der Waals surface area (Å²) in [6.07, 6.45) is 0. The van der Waals surface area contributed by atoms with Crippen LogP contribution in [-0.2, 0) is 0 Å². The number of thiazole rings is 1. The summed E-state index contributed by atoms with van der Waals surface area (Å²) >= 11 is 1.29. The van der Waals surface area contributed by atoms with Crippen molar-refractivity contribution < 1.29 is 4.79 Å². The summed E-state index contributed by atoms with van der Waals surface area (Å²) < 4.78 is 0. The molecule has 0 spiro atoms. The highest BCUT2D eigenvalue weighted by Gasteiger charge is 2.19. The standard InChI is InChI=1S/C14H27N5OS/c1-6-19(7-2)9-8-16-12(20)10-11(15)17-13(21-10)18-14(3,4)5/h6-9,15H2,1-5H3,(H,16,20)(H,17,18). The van der Waals surface area contributed by atoms with E-state index in [0.717, 1.165) is 19.6 Å². The van der Waals surface area contributed by atoms with Crippen molar-refractivity contribution in [2.45, 2.75) is 40.2 Å². The monoisotopic (exact) mass is 313 g/mol. The number of likely N-dealkylation sites (N-methyl/N-ethyl adjacent to an activating group) is 1. The molecule has 1 heterocycles. The molecule has 0 saturated heterocycles. The number of nitrogens with one attached hydrogen (secondary N) is 2. The Morgan fingerprint density at radius 2 is 1.95 bits per heavy atom. The molecule has 0 aliphatic heterocycles. The van der Waals surface area contributed by atoms with Gasteiger partial charge in [-0.3, -0.25) is 4.79 Å². The van der Waals surface area contributed by atoms with Crippen LogP contribution < -0.4 is 16.4 Å². The maximum atomic E-state index is 12.1. The summed E-state index contributed by atoms with van der Waals surface area (Å²) in [4.78, 5) is 19.1. The molecule has 21 heavy (non-hydrogen) atoms. The Bertz CT molecular complexity index is 462.